The van der Waals surface area contributed by atoms with Gasteiger partial charge in [0.2, 0.25) is 0 Å². The molecule has 1 amide bonds. The second-order valence-electron chi connectivity index (χ2n) is 1.94. The average Bonchev–Trinajstić information content (AvgIpc) is 2.29. The van der Waals surface area contributed by atoms with Gasteiger partial charge in [-0.1, -0.05) is 13.2 Å². The van der Waals surface area contributed by atoms with Crippen molar-refractivity contribution in [1.29, 1.82) is 0 Å². The Morgan fingerprint density at radius 3 is 1.71 bits per heavy atom. The van der Waals surface area contributed by atoms with Crippen molar-refractivity contribution in [2.75, 3.05) is 6.61 Å². The molecular weight excluding hydrogens is 232 g/mol. The fraction of sp³-hybridized carbons (Fsp3) is 0.222. The summed E-state index contributed by atoms with van der Waals surface area (Å²) in [6.07, 6.45) is 1.11. The number of carboxylic acids is 1. The molecule has 5 N–H and O–H groups in total. The van der Waals surface area contributed by atoms with E-state index in [9.17, 15) is 14.4 Å². The molecule has 0 atom stereocenters. The van der Waals surface area contributed by atoms with Crippen molar-refractivity contribution in [3.63, 3.8) is 0 Å². The van der Waals surface area contributed by atoms with Gasteiger partial charge < -0.3 is 20.4 Å². The summed E-state index contributed by atoms with van der Waals surface area (Å²) in [7, 11) is 0. The Balaban J connectivity index is -0.000000174. The molecule has 0 fully saturated rings. The summed E-state index contributed by atoms with van der Waals surface area (Å²) in [6.45, 7) is 8.09. The molecule has 0 saturated heterocycles. The van der Waals surface area contributed by atoms with Crippen molar-refractivity contribution >= 4 is 18.0 Å². The van der Waals surface area contributed by atoms with Gasteiger partial charge in [-0.05, 0) is 6.92 Å². The highest BCUT2D eigenvalue weighted by Crippen LogP contribution is 1.66. The Bertz CT molecular complexity index is 264. The Morgan fingerprint density at radius 1 is 1.29 bits per heavy atom. The van der Waals surface area contributed by atoms with E-state index in [4.69, 9.17) is 5.11 Å². The lowest BCUT2D eigenvalue weighted by Crippen LogP contribution is -2.11. The zero-order chi connectivity index (χ0) is 14.3. The van der Waals surface area contributed by atoms with Crippen LogP contribution >= 0.6 is 0 Å². The minimum atomic E-state index is -0.981. The van der Waals surface area contributed by atoms with E-state index in [1.807, 2.05) is 0 Å². The average molecular weight is 248 g/mol. The van der Waals surface area contributed by atoms with Crippen LogP contribution in [-0.2, 0) is 19.2 Å². The molecule has 8 nitrogen and oxygen atoms in total. The molecule has 0 aliphatic rings. The molecule has 0 aromatic rings. The summed E-state index contributed by atoms with van der Waals surface area (Å²) in [5, 5.41) is 7.60. The molecule has 0 spiro atoms. The van der Waals surface area contributed by atoms with Crippen LogP contribution in [0.4, 0.5) is 4.79 Å². The number of hydrogen-bond acceptors (Lipinski definition) is 6. The molecule has 0 unspecified atom stereocenters. The summed E-state index contributed by atoms with van der Waals surface area (Å²) < 4.78 is 4.18. The monoisotopic (exact) mass is 248 g/mol. The van der Waals surface area contributed by atoms with Crippen LogP contribution in [-0.4, -0.2) is 29.7 Å². The Labute approximate surface area is 98.4 Å². The van der Waals surface area contributed by atoms with E-state index in [1.165, 1.54) is 0 Å². The fourth-order valence-electron chi connectivity index (χ4n) is 0.190. The van der Waals surface area contributed by atoms with Gasteiger partial charge in [0.15, 0.2) is 0 Å². The quantitative estimate of drug-likeness (QED) is 0.469. The Kier molecular flexibility index (Phi) is 19.0. The van der Waals surface area contributed by atoms with Crippen LogP contribution in [0.5, 0.6) is 0 Å². The zero-order valence-corrected chi connectivity index (χ0v) is 9.42. The number of hydrogen-bond donors (Lipinski definition) is 3. The predicted octanol–water partition coefficient (Wildman–Crippen LogP) is -0.0521. The van der Waals surface area contributed by atoms with E-state index in [0.29, 0.717) is 6.61 Å². The topological polar surface area (TPSA) is 142 Å². The fourth-order valence-corrected chi connectivity index (χ4v) is 0.190. The van der Waals surface area contributed by atoms with Crippen molar-refractivity contribution in [3.8, 4) is 0 Å². The maximum atomic E-state index is 9.72. The van der Waals surface area contributed by atoms with E-state index in [1.54, 1.807) is 6.92 Å². The Hall–Kier alpha value is -2.35. The number of nitrogens with two attached hydrogens (primary N) is 2. The van der Waals surface area contributed by atoms with Gasteiger partial charge in [-0.15, -0.1) is 0 Å². The summed E-state index contributed by atoms with van der Waals surface area (Å²) in [6, 6.07) is 0. The molecule has 0 heterocycles. The van der Waals surface area contributed by atoms with Crippen molar-refractivity contribution in [1.82, 2.24) is 0 Å². The molecule has 8 heteroatoms. The molecule has 0 rings (SSSR count). The van der Waals surface area contributed by atoms with Crippen LogP contribution in [0, 0.1) is 0 Å². The smallest absolute Gasteiger partial charge is 0.404 e. The second-order valence-corrected chi connectivity index (χ2v) is 1.94. The molecule has 0 radical (unpaired) electrons. The van der Waals surface area contributed by atoms with Gasteiger partial charge >= 0.3 is 18.0 Å². The molecule has 17 heavy (non-hydrogen) atoms. The van der Waals surface area contributed by atoms with Gasteiger partial charge in [-0.3, -0.25) is 0 Å². The third kappa shape index (κ3) is 41.9. The van der Waals surface area contributed by atoms with Crippen molar-refractivity contribution in [2.24, 2.45) is 11.6 Å². The maximum Gasteiger partial charge on any atom is 0.404 e. The normalized spacial score (nSPS) is 6.94. The largest absolute Gasteiger partial charge is 0.478 e. The zero-order valence-electron chi connectivity index (χ0n) is 9.42. The molecule has 0 saturated carbocycles. The maximum absolute atomic E-state index is 9.72. The minimum Gasteiger partial charge on any atom is -0.478 e. The number of aliphatic carboxylic acids is 1. The lowest BCUT2D eigenvalue weighted by Gasteiger charge is -1.89. The van der Waals surface area contributed by atoms with Crippen molar-refractivity contribution in [2.45, 2.75) is 6.92 Å². The van der Waals surface area contributed by atoms with Crippen LogP contribution in [0.3, 0.4) is 0 Å². The number of carbonyl (C=O) groups excluding carboxylic acids is 2. The van der Waals surface area contributed by atoms with E-state index in [2.05, 4.69) is 34.4 Å². The summed E-state index contributed by atoms with van der Waals surface area (Å²) >= 11 is 0. The summed E-state index contributed by atoms with van der Waals surface area (Å²) in [5.74, 6) is 2.76. The number of carboxylic acid groups (broad SMARTS) is 1. The highest BCUT2D eigenvalue weighted by molar-refractivity contribution is 5.80. The Morgan fingerprint density at radius 2 is 1.71 bits per heavy atom. The summed E-state index contributed by atoms with van der Waals surface area (Å²) in [4.78, 5) is 32.2. The van der Waals surface area contributed by atoms with Gasteiger partial charge in [-0.2, -0.15) is 5.90 Å². The van der Waals surface area contributed by atoms with E-state index >= 15 is 0 Å². The van der Waals surface area contributed by atoms with Gasteiger partial charge in [0, 0.05) is 12.2 Å². The van der Waals surface area contributed by atoms with Gasteiger partial charge in [0.05, 0.1) is 6.61 Å². The summed E-state index contributed by atoms with van der Waals surface area (Å²) in [5.41, 5.74) is 4.54. The van der Waals surface area contributed by atoms with E-state index in [-0.39, 0.29) is 0 Å². The number of primary amides is 1. The van der Waals surface area contributed by atoms with E-state index < -0.39 is 18.0 Å². The number of rotatable bonds is 3. The minimum absolute atomic E-state index is 0.356. The highest BCUT2D eigenvalue weighted by atomic mass is 16.7. The molecule has 0 aromatic heterocycles. The van der Waals surface area contributed by atoms with Crippen LogP contribution in [0.15, 0.2) is 25.3 Å². The van der Waals surface area contributed by atoms with Crippen LogP contribution in [0.25, 0.3) is 0 Å². The molecule has 0 aliphatic carbocycles. The molecule has 0 bridgehead atoms. The van der Waals surface area contributed by atoms with Crippen molar-refractivity contribution in [3.05, 3.63) is 25.3 Å². The van der Waals surface area contributed by atoms with Crippen molar-refractivity contribution < 1.29 is 29.1 Å². The standard InChI is InChI=1S/C3H7NO2.C3H5NO2.C3H4O2/c1-2-6-3(4)5;1-2-3(5)6-4;1-2-3(4)5/h2H2,1H3,(H2,4,5);2H,1,4H2;2H,1H2,(H,4,5). The van der Waals surface area contributed by atoms with E-state index in [0.717, 1.165) is 12.2 Å². The first-order chi connectivity index (χ1) is 7.85. The SMILES string of the molecule is C=CC(=O)O.C=CC(=O)ON.CCOC(N)=O. The molecule has 98 valence electrons. The third-order valence-corrected chi connectivity index (χ3v) is 0.744. The predicted molar refractivity (Wildman–Crippen MR) is 59.5 cm³/mol. The third-order valence-electron chi connectivity index (χ3n) is 0.744. The van der Waals surface area contributed by atoms with Crippen LogP contribution in [0.2, 0.25) is 0 Å². The molecule has 0 aliphatic heterocycles. The number of ether oxygens (including phenoxy) is 1. The van der Waals surface area contributed by atoms with Crippen LogP contribution < -0.4 is 11.6 Å². The lowest BCUT2D eigenvalue weighted by atomic mass is 10.7. The second kappa shape index (κ2) is 16.1. The molecule has 0 aromatic carbocycles. The first-order valence-corrected chi connectivity index (χ1v) is 4.16. The van der Waals surface area contributed by atoms with Crippen LogP contribution in [0.1, 0.15) is 6.92 Å². The number of carbonyl (C=O) groups is 3. The number of amides is 1. The van der Waals surface area contributed by atoms with Gasteiger partial charge in [-0.25, -0.2) is 14.4 Å². The lowest BCUT2D eigenvalue weighted by molar-refractivity contribution is -0.138. The first kappa shape index (κ1) is 20.1. The first-order valence-electron chi connectivity index (χ1n) is 4.16. The van der Waals surface area contributed by atoms with Gasteiger partial charge in [0.25, 0.3) is 0 Å². The van der Waals surface area contributed by atoms with Gasteiger partial charge in [0.1, 0.15) is 0 Å². The highest BCUT2D eigenvalue weighted by Gasteiger charge is 1.83. The molecular formula is C9H16N2O6.